The zero-order valence-electron chi connectivity index (χ0n) is 14.8. The third-order valence-corrected chi connectivity index (χ3v) is 6.23. The second-order valence-corrected chi connectivity index (χ2v) is 7.44. The van der Waals surface area contributed by atoms with Crippen molar-refractivity contribution >= 4 is 17.5 Å². The van der Waals surface area contributed by atoms with Gasteiger partial charge in [0, 0.05) is 17.8 Å². The van der Waals surface area contributed by atoms with E-state index in [1.165, 1.54) is 25.3 Å². The maximum absolute atomic E-state index is 16.4. The number of esters is 1. The van der Waals surface area contributed by atoms with Gasteiger partial charge in [-0.15, -0.1) is 0 Å². The molecule has 3 aliphatic carbocycles. The fraction of sp³-hybridized carbons (Fsp3) is 0.550. The molecule has 0 aromatic heterocycles. The minimum absolute atomic E-state index is 0.160. The normalized spacial score (nSPS) is 37.0. The molecule has 4 nitrogen and oxygen atoms in total. The molecule has 4 unspecified atom stereocenters. The molecule has 3 rings (SSSR count). The predicted molar refractivity (Wildman–Crippen MR) is 90.4 cm³/mol. The van der Waals surface area contributed by atoms with Crippen LogP contribution in [0.4, 0.5) is 4.39 Å². The molecule has 1 saturated carbocycles. The molecule has 134 valence electrons. The minimum atomic E-state index is -2.09. The molecular formula is C20H23FO4. The second kappa shape index (κ2) is 6.04. The Morgan fingerprint density at radius 3 is 2.76 bits per heavy atom. The van der Waals surface area contributed by atoms with Crippen molar-refractivity contribution < 1.29 is 23.5 Å². The van der Waals surface area contributed by atoms with Crippen LogP contribution >= 0.6 is 0 Å². The first kappa shape index (κ1) is 17.8. The summed E-state index contributed by atoms with van der Waals surface area (Å²) in [4.78, 5) is 36.0. The van der Waals surface area contributed by atoms with Gasteiger partial charge in [0.25, 0.3) is 0 Å². The van der Waals surface area contributed by atoms with Crippen LogP contribution in [0.5, 0.6) is 0 Å². The molecule has 0 radical (unpaired) electrons. The fourth-order valence-electron chi connectivity index (χ4n) is 4.76. The second-order valence-electron chi connectivity index (χ2n) is 7.44. The summed E-state index contributed by atoms with van der Waals surface area (Å²) >= 11 is 0. The van der Waals surface area contributed by atoms with Gasteiger partial charge in [0.2, 0.25) is 0 Å². The number of rotatable bonds is 3. The number of allylic oxidation sites excluding steroid dienone is 6. The van der Waals surface area contributed by atoms with E-state index in [9.17, 15) is 14.4 Å². The van der Waals surface area contributed by atoms with Crippen molar-refractivity contribution in [3.8, 4) is 0 Å². The Labute approximate surface area is 146 Å². The summed E-state index contributed by atoms with van der Waals surface area (Å²) in [5, 5.41) is 0. The number of carbonyl (C=O) groups excluding carboxylic acids is 3. The number of fused-ring (bicyclic) bond motifs is 3. The number of hydrogen-bond donors (Lipinski definition) is 0. The average molecular weight is 346 g/mol. The van der Waals surface area contributed by atoms with Crippen molar-refractivity contribution in [1.29, 1.82) is 0 Å². The van der Waals surface area contributed by atoms with Crippen LogP contribution < -0.4 is 0 Å². The Balaban J connectivity index is 2.02. The topological polar surface area (TPSA) is 60.4 Å². The minimum Gasteiger partial charge on any atom is -0.469 e. The third-order valence-electron chi connectivity index (χ3n) is 6.23. The first-order valence-corrected chi connectivity index (χ1v) is 8.66. The summed E-state index contributed by atoms with van der Waals surface area (Å²) in [6.07, 6.45) is 7.49. The molecule has 1 fully saturated rings. The summed E-state index contributed by atoms with van der Waals surface area (Å²) in [6, 6.07) is 0. The van der Waals surface area contributed by atoms with Crippen LogP contribution in [-0.4, -0.2) is 30.3 Å². The lowest BCUT2D eigenvalue weighted by Gasteiger charge is -2.54. The van der Waals surface area contributed by atoms with Gasteiger partial charge in [-0.2, -0.15) is 0 Å². The van der Waals surface area contributed by atoms with Crippen LogP contribution in [0.15, 0.2) is 35.5 Å². The molecule has 0 aliphatic heterocycles. The van der Waals surface area contributed by atoms with Gasteiger partial charge < -0.3 is 4.74 Å². The van der Waals surface area contributed by atoms with Crippen LogP contribution in [-0.2, 0) is 19.1 Å². The monoisotopic (exact) mass is 346 g/mol. The maximum atomic E-state index is 16.4. The molecule has 0 aromatic rings. The Hall–Kier alpha value is -2.04. The molecule has 0 N–H and O–H groups in total. The lowest BCUT2D eigenvalue weighted by Crippen LogP contribution is -2.60. The molecule has 0 aromatic carbocycles. The van der Waals surface area contributed by atoms with E-state index < -0.39 is 22.8 Å². The van der Waals surface area contributed by atoms with Crippen LogP contribution in [0.2, 0.25) is 0 Å². The number of methoxy groups -OCH3 is 1. The molecule has 0 bridgehead atoms. The van der Waals surface area contributed by atoms with Gasteiger partial charge in [0.15, 0.2) is 17.2 Å². The molecule has 4 atom stereocenters. The molecule has 5 heteroatoms. The zero-order valence-corrected chi connectivity index (χ0v) is 14.8. The van der Waals surface area contributed by atoms with Crippen molar-refractivity contribution in [2.24, 2.45) is 17.3 Å². The van der Waals surface area contributed by atoms with Crippen LogP contribution in [0.1, 0.15) is 39.5 Å². The van der Waals surface area contributed by atoms with Crippen LogP contribution in [0, 0.1) is 17.3 Å². The zero-order chi connectivity index (χ0) is 18.4. The number of halogens is 1. The Kier molecular flexibility index (Phi) is 4.30. The molecule has 3 aliphatic rings. The summed E-state index contributed by atoms with van der Waals surface area (Å²) < 4.78 is 21.1. The van der Waals surface area contributed by atoms with E-state index in [4.69, 9.17) is 4.74 Å². The molecule has 0 saturated heterocycles. The lowest BCUT2D eigenvalue weighted by atomic mass is 9.50. The van der Waals surface area contributed by atoms with Gasteiger partial charge in [-0.25, -0.2) is 4.39 Å². The molecule has 0 amide bonds. The maximum Gasteiger partial charge on any atom is 0.305 e. The fourth-order valence-corrected chi connectivity index (χ4v) is 4.76. The smallest absolute Gasteiger partial charge is 0.305 e. The van der Waals surface area contributed by atoms with Crippen LogP contribution in [0.3, 0.4) is 0 Å². The first-order valence-electron chi connectivity index (χ1n) is 8.66. The van der Waals surface area contributed by atoms with Crippen molar-refractivity contribution in [1.82, 2.24) is 0 Å². The van der Waals surface area contributed by atoms with E-state index in [2.05, 4.69) is 0 Å². The highest BCUT2D eigenvalue weighted by molar-refractivity contribution is 6.04. The van der Waals surface area contributed by atoms with E-state index in [1.54, 1.807) is 13.0 Å². The Bertz CT molecular complexity index is 732. The SMILES string of the molecule is COC(=O)CCC1C(C)=CC(=O)C2(F)C1CCC1=CC(=O)C=CC12C. The number of carbonyl (C=O) groups is 3. The third kappa shape index (κ3) is 2.52. The quantitative estimate of drug-likeness (QED) is 0.736. The number of hydrogen-bond acceptors (Lipinski definition) is 4. The van der Waals surface area contributed by atoms with Crippen molar-refractivity contribution in [2.75, 3.05) is 7.11 Å². The highest BCUT2D eigenvalue weighted by Gasteiger charge is 2.64. The number of alkyl halides is 1. The Morgan fingerprint density at radius 2 is 2.08 bits per heavy atom. The van der Waals surface area contributed by atoms with Gasteiger partial charge in [-0.3, -0.25) is 14.4 Å². The summed E-state index contributed by atoms with van der Waals surface area (Å²) in [7, 11) is 1.33. The highest BCUT2D eigenvalue weighted by atomic mass is 19.1. The molecule has 0 heterocycles. The largest absolute Gasteiger partial charge is 0.469 e. The number of ketones is 2. The van der Waals surface area contributed by atoms with E-state index in [-0.39, 0.29) is 24.1 Å². The van der Waals surface area contributed by atoms with Crippen LogP contribution in [0.25, 0.3) is 0 Å². The number of ether oxygens (including phenoxy) is 1. The molecule has 0 spiro atoms. The van der Waals surface area contributed by atoms with Crippen molar-refractivity contribution in [3.05, 3.63) is 35.5 Å². The standard InChI is InChI=1S/C20H23FO4/c1-12-10-17(23)20(21)16(15(12)5-7-18(24)25-3)6-4-13-11-14(22)8-9-19(13,20)2/h8-11,15-16H,4-7H2,1-3H3. The van der Waals surface area contributed by atoms with E-state index in [1.807, 2.05) is 6.92 Å². The van der Waals surface area contributed by atoms with E-state index >= 15 is 4.39 Å². The highest BCUT2D eigenvalue weighted by Crippen LogP contribution is 2.60. The van der Waals surface area contributed by atoms with Crippen molar-refractivity contribution in [2.45, 2.75) is 45.2 Å². The van der Waals surface area contributed by atoms with E-state index in [0.717, 1.165) is 5.57 Å². The summed E-state index contributed by atoms with van der Waals surface area (Å²) in [5.41, 5.74) is -1.69. The van der Waals surface area contributed by atoms with Gasteiger partial charge >= 0.3 is 5.97 Å². The van der Waals surface area contributed by atoms with Gasteiger partial charge in [-0.05, 0) is 57.3 Å². The first-order chi connectivity index (χ1) is 11.7. The summed E-state index contributed by atoms with van der Waals surface area (Å²) in [5.74, 6) is -1.72. The van der Waals surface area contributed by atoms with Crippen molar-refractivity contribution in [3.63, 3.8) is 0 Å². The van der Waals surface area contributed by atoms with Gasteiger partial charge in [-0.1, -0.05) is 17.2 Å². The Morgan fingerprint density at radius 1 is 1.36 bits per heavy atom. The van der Waals surface area contributed by atoms with Gasteiger partial charge in [0.1, 0.15) is 0 Å². The average Bonchev–Trinajstić information content (AvgIpc) is 2.57. The molecular weight excluding hydrogens is 323 g/mol. The lowest BCUT2D eigenvalue weighted by molar-refractivity contribution is -0.145. The predicted octanol–water partition coefficient (Wildman–Crippen LogP) is 3.27. The van der Waals surface area contributed by atoms with Gasteiger partial charge in [0.05, 0.1) is 7.11 Å². The summed E-state index contributed by atoms with van der Waals surface area (Å²) in [6.45, 7) is 3.53. The van der Waals surface area contributed by atoms with E-state index in [0.29, 0.717) is 24.8 Å². The molecule has 25 heavy (non-hydrogen) atoms.